The maximum atomic E-state index is 11.8. The first-order valence-electron chi connectivity index (χ1n) is 5.85. The Morgan fingerprint density at radius 3 is 2.76 bits per heavy atom. The second-order valence-corrected chi connectivity index (χ2v) is 6.10. The van der Waals surface area contributed by atoms with Crippen molar-refractivity contribution in [3.8, 4) is 0 Å². The molecule has 0 amide bonds. The van der Waals surface area contributed by atoms with E-state index in [-0.39, 0.29) is 5.75 Å². The molecule has 5 heteroatoms. The molecule has 2 rings (SSSR count). The number of sulfonamides is 1. The van der Waals surface area contributed by atoms with Crippen molar-refractivity contribution in [3.05, 3.63) is 30.3 Å². The van der Waals surface area contributed by atoms with E-state index in [0.717, 1.165) is 13.1 Å². The molecule has 1 N–H and O–H groups in total. The zero-order chi connectivity index (χ0) is 12.1. The topological polar surface area (TPSA) is 49.4 Å². The Hall–Kier alpha value is -1.07. The van der Waals surface area contributed by atoms with E-state index in [0.29, 0.717) is 12.2 Å². The van der Waals surface area contributed by atoms with Gasteiger partial charge in [0.25, 0.3) is 0 Å². The summed E-state index contributed by atoms with van der Waals surface area (Å²) in [7, 11) is -3.23. The van der Waals surface area contributed by atoms with E-state index in [1.54, 1.807) is 24.3 Å². The van der Waals surface area contributed by atoms with Gasteiger partial charge in [0.1, 0.15) is 0 Å². The molecule has 0 aliphatic carbocycles. The van der Waals surface area contributed by atoms with Crippen molar-refractivity contribution >= 4 is 15.7 Å². The summed E-state index contributed by atoms with van der Waals surface area (Å²) in [6.07, 6.45) is 2.36. The molecule has 0 bridgehead atoms. The van der Waals surface area contributed by atoms with Crippen LogP contribution in [0.4, 0.5) is 5.69 Å². The normalized spacial score (nSPS) is 17.2. The van der Waals surface area contributed by atoms with E-state index in [4.69, 9.17) is 0 Å². The SMILES string of the molecule is O=S(=O)(CCN1CCCC1)Nc1c[c]ccc1. The number of anilines is 1. The van der Waals surface area contributed by atoms with Crippen LogP contribution < -0.4 is 4.72 Å². The van der Waals surface area contributed by atoms with Gasteiger partial charge in [0.05, 0.1) is 5.75 Å². The van der Waals surface area contributed by atoms with E-state index in [9.17, 15) is 8.42 Å². The maximum absolute atomic E-state index is 11.8. The van der Waals surface area contributed by atoms with Crippen LogP contribution in [0.1, 0.15) is 12.8 Å². The summed E-state index contributed by atoms with van der Waals surface area (Å²) in [6, 6.07) is 9.70. The van der Waals surface area contributed by atoms with Gasteiger partial charge in [0.15, 0.2) is 0 Å². The van der Waals surface area contributed by atoms with E-state index in [2.05, 4.69) is 15.7 Å². The maximum Gasteiger partial charge on any atom is 0.233 e. The number of nitrogens with one attached hydrogen (secondary N) is 1. The first-order valence-corrected chi connectivity index (χ1v) is 7.50. The average Bonchev–Trinajstić information content (AvgIpc) is 2.80. The predicted molar refractivity (Wildman–Crippen MR) is 68.4 cm³/mol. The monoisotopic (exact) mass is 253 g/mol. The molecule has 0 saturated carbocycles. The molecule has 1 aliphatic heterocycles. The smallest absolute Gasteiger partial charge is 0.233 e. The highest BCUT2D eigenvalue weighted by Crippen LogP contribution is 2.10. The van der Waals surface area contributed by atoms with Crippen molar-refractivity contribution in [2.24, 2.45) is 0 Å². The lowest BCUT2D eigenvalue weighted by atomic mass is 10.3. The average molecular weight is 253 g/mol. The zero-order valence-corrected chi connectivity index (χ0v) is 10.5. The van der Waals surface area contributed by atoms with Gasteiger partial charge in [0, 0.05) is 12.2 Å². The molecule has 17 heavy (non-hydrogen) atoms. The third-order valence-corrected chi connectivity index (χ3v) is 4.12. The van der Waals surface area contributed by atoms with Crippen molar-refractivity contribution in [1.82, 2.24) is 4.90 Å². The first-order chi connectivity index (χ1) is 8.16. The Morgan fingerprint density at radius 2 is 2.12 bits per heavy atom. The van der Waals surface area contributed by atoms with Crippen molar-refractivity contribution in [2.45, 2.75) is 12.8 Å². The number of benzene rings is 1. The second kappa shape index (κ2) is 5.51. The minimum Gasteiger partial charge on any atom is -0.302 e. The highest BCUT2D eigenvalue weighted by atomic mass is 32.2. The fraction of sp³-hybridized carbons (Fsp3) is 0.500. The third kappa shape index (κ3) is 4.02. The van der Waals surface area contributed by atoms with Gasteiger partial charge in [-0.05, 0) is 44.1 Å². The number of likely N-dealkylation sites (tertiary alicyclic amines) is 1. The van der Waals surface area contributed by atoms with Gasteiger partial charge >= 0.3 is 0 Å². The lowest BCUT2D eigenvalue weighted by Gasteiger charge is -2.15. The van der Waals surface area contributed by atoms with Crippen LogP contribution in [-0.4, -0.2) is 38.7 Å². The lowest BCUT2D eigenvalue weighted by molar-refractivity contribution is 0.359. The van der Waals surface area contributed by atoms with Gasteiger partial charge in [-0.2, -0.15) is 0 Å². The summed E-state index contributed by atoms with van der Waals surface area (Å²) in [5, 5.41) is 0. The molecule has 0 spiro atoms. The molecular weight excluding hydrogens is 236 g/mol. The summed E-state index contributed by atoms with van der Waals surface area (Å²) in [5.74, 6) is 0.155. The minimum atomic E-state index is -3.23. The zero-order valence-electron chi connectivity index (χ0n) is 9.72. The third-order valence-electron chi connectivity index (χ3n) is 2.86. The molecule has 93 valence electrons. The van der Waals surface area contributed by atoms with Crippen LogP contribution in [0.3, 0.4) is 0 Å². The van der Waals surface area contributed by atoms with Crippen LogP contribution in [-0.2, 0) is 10.0 Å². The fourth-order valence-corrected chi connectivity index (χ4v) is 3.03. The number of hydrogen-bond donors (Lipinski definition) is 1. The summed E-state index contributed by atoms with van der Waals surface area (Å²) in [4.78, 5) is 2.19. The molecule has 0 unspecified atom stereocenters. The molecule has 0 atom stereocenters. The van der Waals surface area contributed by atoms with Crippen molar-refractivity contribution in [3.63, 3.8) is 0 Å². The molecule has 1 aromatic carbocycles. The van der Waals surface area contributed by atoms with Crippen molar-refractivity contribution in [2.75, 3.05) is 30.1 Å². The number of hydrogen-bond acceptors (Lipinski definition) is 3. The van der Waals surface area contributed by atoms with E-state index in [1.807, 2.05) is 0 Å². The quantitative estimate of drug-likeness (QED) is 0.861. The largest absolute Gasteiger partial charge is 0.302 e. The van der Waals surface area contributed by atoms with Crippen molar-refractivity contribution in [1.29, 1.82) is 0 Å². The van der Waals surface area contributed by atoms with Gasteiger partial charge in [-0.25, -0.2) is 8.42 Å². The highest BCUT2D eigenvalue weighted by Gasteiger charge is 2.16. The molecule has 1 heterocycles. The van der Waals surface area contributed by atoms with Gasteiger partial charge < -0.3 is 4.90 Å². The molecule has 1 saturated heterocycles. The van der Waals surface area contributed by atoms with Crippen LogP contribution in [0.25, 0.3) is 0 Å². The highest BCUT2D eigenvalue weighted by molar-refractivity contribution is 7.92. The Balaban J connectivity index is 1.86. The Bertz CT molecular complexity index is 439. The molecule has 4 nitrogen and oxygen atoms in total. The summed E-state index contributed by atoms with van der Waals surface area (Å²) < 4.78 is 26.2. The molecule has 1 radical (unpaired) electrons. The van der Waals surface area contributed by atoms with E-state index < -0.39 is 10.0 Å². The molecule has 1 aliphatic rings. The van der Waals surface area contributed by atoms with Gasteiger partial charge in [-0.1, -0.05) is 12.1 Å². The molecule has 1 aromatic rings. The predicted octanol–water partition coefficient (Wildman–Crippen LogP) is 1.32. The number of nitrogens with zero attached hydrogens (tertiary/aromatic N) is 1. The van der Waals surface area contributed by atoms with Crippen LogP contribution in [0.2, 0.25) is 0 Å². The van der Waals surface area contributed by atoms with Gasteiger partial charge in [-0.15, -0.1) is 0 Å². The Morgan fingerprint density at radius 1 is 1.35 bits per heavy atom. The second-order valence-electron chi connectivity index (χ2n) is 4.26. The van der Waals surface area contributed by atoms with Crippen LogP contribution >= 0.6 is 0 Å². The first kappa shape index (κ1) is 12.4. The minimum absolute atomic E-state index is 0.155. The number of rotatable bonds is 5. The lowest BCUT2D eigenvalue weighted by Crippen LogP contribution is -2.29. The Labute approximate surface area is 103 Å². The summed E-state index contributed by atoms with van der Waals surface area (Å²) in [6.45, 7) is 2.66. The summed E-state index contributed by atoms with van der Waals surface area (Å²) in [5.41, 5.74) is 0.578. The van der Waals surface area contributed by atoms with Crippen LogP contribution in [0.15, 0.2) is 24.3 Å². The van der Waals surface area contributed by atoms with E-state index in [1.165, 1.54) is 12.8 Å². The fourth-order valence-electron chi connectivity index (χ4n) is 1.94. The van der Waals surface area contributed by atoms with Gasteiger partial charge in [-0.3, -0.25) is 4.72 Å². The van der Waals surface area contributed by atoms with Crippen LogP contribution in [0, 0.1) is 6.07 Å². The van der Waals surface area contributed by atoms with Crippen LogP contribution in [0.5, 0.6) is 0 Å². The Kier molecular flexibility index (Phi) is 4.02. The molecule has 0 aromatic heterocycles. The molecule has 1 fully saturated rings. The van der Waals surface area contributed by atoms with E-state index >= 15 is 0 Å². The summed E-state index contributed by atoms with van der Waals surface area (Å²) >= 11 is 0. The molecular formula is C12H17N2O2S. The van der Waals surface area contributed by atoms with Gasteiger partial charge in [0.2, 0.25) is 10.0 Å². The standard InChI is InChI=1S/C12H17N2O2S/c15-17(16,11-10-14-8-4-5-9-14)13-12-6-2-1-3-7-12/h1-2,6-7,13H,4-5,8-11H2. The van der Waals surface area contributed by atoms with Crippen molar-refractivity contribution < 1.29 is 8.42 Å².